The third kappa shape index (κ3) is 3.52. The summed E-state index contributed by atoms with van der Waals surface area (Å²) in [5, 5.41) is 6.79. The number of nitrogens with one attached hydrogen (secondary N) is 3. The van der Waals surface area contributed by atoms with Gasteiger partial charge in [-0.05, 0) is 24.6 Å². The number of carbonyl (C=O) groups excluding carboxylic acids is 1. The number of hydrogen-bond acceptors (Lipinski definition) is 6. The zero-order valence-corrected chi connectivity index (χ0v) is 13.1. The van der Waals surface area contributed by atoms with Crippen LogP contribution in [0.3, 0.4) is 0 Å². The van der Waals surface area contributed by atoms with Crippen molar-refractivity contribution in [3.05, 3.63) is 47.3 Å². The molecule has 1 aromatic heterocycles. The van der Waals surface area contributed by atoms with Crippen molar-refractivity contribution in [2.75, 3.05) is 13.7 Å². The van der Waals surface area contributed by atoms with Crippen LogP contribution in [0.25, 0.3) is 0 Å². The summed E-state index contributed by atoms with van der Waals surface area (Å²) in [6.45, 7) is 2.76. The molecule has 2 unspecified atom stereocenters. The van der Waals surface area contributed by atoms with Gasteiger partial charge in [0, 0.05) is 12.6 Å². The minimum absolute atomic E-state index is 0.0241. The Morgan fingerprint density at radius 1 is 1.43 bits per heavy atom. The highest BCUT2D eigenvalue weighted by Gasteiger charge is 2.33. The molecule has 1 aliphatic rings. The van der Waals surface area contributed by atoms with E-state index < -0.39 is 0 Å². The molecule has 2 aromatic rings. The van der Waals surface area contributed by atoms with Crippen LogP contribution in [0.2, 0.25) is 0 Å². The maximum atomic E-state index is 12.5. The lowest BCUT2D eigenvalue weighted by Gasteiger charge is -2.18. The van der Waals surface area contributed by atoms with Gasteiger partial charge in [0.1, 0.15) is 17.2 Å². The molecule has 0 spiro atoms. The Balaban J connectivity index is 1.64. The molecule has 0 bridgehead atoms. The molecule has 3 N–H and O–H groups in total. The summed E-state index contributed by atoms with van der Waals surface area (Å²) in [5.74, 6) is 1.30. The molecule has 0 saturated carbocycles. The number of aromatic nitrogens is 1. The number of benzene rings is 1. The van der Waals surface area contributed by atoms with Crippen molar-refractivity contribution in [3.8, 4) is 5.75 Å². The van der Waals surface area contributed by atoms with Gasteiger partial charge in [-0.3, -0.25) is 10.2 Å². The summed E-state index contributed by atoms with van der Waals surface area (Å²) in [6, 6.07) is 9.44. The van der Waals surface area contributed by atoms with E-state index in [-0.39, 0.29) is 17.9 Å². The van der Waals surface area contributed by atoms with E-state index in [2.05, 4.69) is 21.3 Å². The number of nitrogens with zero attached hydrogens (tertiary/aromatic N) is 1. The van der Waals surface area contributed by atoms with Crippen LogP contribution in [0.15, 0.2) is 34.9 Å². The van der Waals surface area contributed by atoms with E-state index in [9.17, 15) is 4.79 Å². The van der Waals surface area contributed by atoms with Crippen molar-refractivity contribution in [3.63, 3.8) is 0 Å². The van der Waals surface area contributed by atoms with Gasteiger partial charge in [-0.1, -0.05) is 17.3 Å². The van der Waals surface area contributed by atoms with Gasteiger partial charge >= 0.3 is 0 Å². The predicted molar refractivity (Wildman–Crippen MR) is 83.5 cm³/mol. The number of carbonyl (C=O) groups is 1. The molecule has 1 saturated heterocycles. The van der Waals surface area contributed by atoms with E-state index in [1.165, 1.54) is 0 Å². The van der Waals surface area contributed by atoms with Crippen molar-refractivity contribution in [2.45, 2.75) is 19.5 Å². The van der Waals surface area contributed by atoms with Crippen molar-refractivity contribution < 1.29 is 14.1 Å². The lowest BCUT2D eigenvalue weighted by molar-refractivity contribution is -0.125. The molecule has 7 heteroatoms. The monoisotopic (exact) mass is 316 g/mol. The van der Waals surface area contributed by atoms with E-state index in [1.54, 1.807) is 7.11 Å². The van der Waals surface area contributed by atoms with Crippen molar-refractivity contribution in [1.29, 1.82) is 0 Å². The van der Waals surface area contributed by atoms with Crippen LogP contribution in [0.5, 0.6) is 5.75 Å². The van der Waals surface area contributed by atoms with Gasteiger partial charge in [0.05, 0.1) is 25.6 Å². The van der Waals surface area contributed by atoms with Gasteiger partial charge in [-0.2, -0.15) is 0 Å². The molecule has 1 aliphatic heterocycles. The molecule has 2 atom stereocenters. The standard InChI is InChI=1S/C16H20N4O3/c1-10-7-12(20-23-10)8-17-16(21)14-9-18-19-15(14)11-3-5-13(22-2)6-4-11/h3-7,14-15,18-19H,8-9H2,1-2H3,(H,17,21). The molecule has 2 heterocycles. The fraction of sp³-hybridized carbons (Fsp3) is 0.375. The lowest BCUT2D eigenvalue weighted by Crippen LogP contribution is -2.34. The molecule has 1 aromatic carbocycles. The van der Waals surface area contributed by atoms with Gasteiger partial charge in [0.15, 0.2) is 0 Å². The van der Waals surface area contributed by atoms with E-state index in [1.807, 2.05) is 37.3 Å². The van der Waals surface area contributed by atoms with Crippen LogP contribution in [0, 0.1) is 12.8 Å². The first-order valence-electron chi connectivity index (χ1n) is 7.49. The summed E-state index contributed by atoms with van der Waals surface area (Å²) in [5.41, 5.74) is 7.97. The second-order valence-electron chi connectivity index (χ2n) is 5.53. The number of aryl methyl sites for hydroxylation is 1. The Labute approximate surface area is 134 Å². The number of hydrogen-bond donors (Lipinski definition) is 3. The van der Waals surface area contributed by atoms with E-state index in [4.69, 9.17) is 9.26 Å². The third-order valence-electron chi connectivity index (χ3n) is 3.91. The highest BCUT2D eigenvalue weighted by atomic mass is 16.5. The Morgan fingerprint density at radius 2 is 2.22 bits per heavy atom. The lowest BCUT2D eigenvalue weighted by atomic mass is 9.94. The molecule has 1 amide bonds. The Kier molecular flexibility index (Phi) is 4.59. The summed E-state index contributed by atoms with van der Waals surface area (Å²) in [7, 11) is 1.63. The number of amides is 1. The van der Waals surface area contributed by atoms with Crippen molar-refractivity contribution in [2.24, 2.45) is 5.92 Å². The summed E-state index contributed by atoms with van der Waals surface area (Å²) in [6.07, 6.45) is 0. The largest absolute Gasteiger partial charge is 0.497 e. The SMILES string of the molecule is COc1ccc(C2NNCC2C(=O)NCc2cc(C)on2)cc1. The van der Waals surface area contributed by atoms with Gasteiger partial charge in [-0.25, -0.2) is 5.43 Å². The minimum atomic E-state index is -0.198. The van der Waals surface area contributed by atoms with Crippen LogP contribution in [0.1, 0.15) is 23.1 Å². The maximum absolute atomic E-state index is 12.5. The summed E-state index contributed by atoms with van der Waals surface area (Å²) < 4.78 is 10.2. The molecule has 122 valence electrons. The molecule has 23 heavy (non-hydrogen) atoms. The quantitative estimate of drug-likeness (QED) is 0.765. The Morgan fingerprint density at radius 3 is 2.87 bits per heavy atom. The average molecular weight is 316 g/mol. The second kappa shape index (κ2) is 6.80. The zero-order valence-electron chi connectivity index (χ0n) is 13.1. The molecular formula is C16H20N4O3. The molecular weight excluding hydrogens is 296 g/mol. The van der Waals surface area contributed by atoms with Crippen LogP contribution >= 0.6 is 0 Å². The van der Waals surface area contributed by atoms with Gasteiger partial charge < -0.3 is 14.6 Å². The first-order valence-corrected chi connectivity index (χ1v) is 7.49. The van der Waals surface area contributed by atoms with Gasteiger partial charge in [0.2, 0.25) is 5.91 Å². The van der Waals surface area contributed by atoms with Crippen molar-refractivity contribution >= 4 is 5.91 Å². The summed E-state index contributed by atoms with van der Waals surface area (Å²) >= 11 is 0. The van der Waals surface area contributed by atoms with Crippen molar-refractivity contribution in [1.82, 2.24) is 21.3 Å². The number of hydrazine groups is 1. The molecule has 7 nitrogen and oxygen atoms in total. The second-order valence-corrected chi connectivity index (χ2v) is 5.53. The van der Waals surface area contributed by atoms with Gasteiger partial charge in [0.25, 0.3) is 0 Å². The summed E-state index contributed by atoms with van der Waals surface area (Å²) in [4.78, 5) is 12.5. The Hall–Kier alpha value is -2.38. The number of methoxy groups -OCH3 is 1. The van der Waals surface area contributed by atoms with Crippen LogP contribution in [0.4, 0.5) is 0 Å². The van der Waals surface area contributed by atoms with Crippen LogP contribution < -0.4 is 20.9 Å². The highest BCUT2D eigenvalue weighted by molar-refractivity contribution is 5.80. The van der Waals surface area contributed by atoms with E-state index in [0.29, 0.717) is 13.1 Å². The maximum Gasteiger partial charge on any atom is 0.226 e. The topological polar surface area (TPSA) is 88.4 Å². The third-order valence-corrected chi connectivity index (χ3v) is 3.91. The van der Waals surface area contributed by atoms with E-state index >= 15 is 0 Å². The zero-order chi connectivity index (χ0) is 16.2. The number of ether oxygens (including phenoxy) is 1. The van der Waals surface area contributed by atoms with Gasteiger partial charge in [-0.15, -0.1) is 0 Å². The normalized spacial score (nSPS) is 20.4. The van der Waals surface area contributed by atoms with Crippen LogP contribution in [-0.4, -0.2) is 24.7 Å². The van der Waals surface area contributed by atoms with E-state index in [0.717, 1.165) is 22.8 Å². The highest BCUT2D eigenvalue weighted by Crippen LogP contribution is 2.26. The first-order chi connectivity index (χ1) is 11.2. The fourth-order valence-electron chi connectivity index (χ4n) is 2.68. The average Bonchev–Trinajstić information content (AvgIpc) is 3.21. The number of rotatable bonds is 5. The smallest absolute Gasteiger partial charge is 0.226 e. The fourth-order valence-corrected chi connectivity index (χ4v) is 2.68. The molecule has 3 rings (SSSR count). The first kappa shape index (κ1) is 15.5. The predicted octanol–water partition coefficient (Wildman–Crippen LogP) is 1.07. The Bertz CT molecular complexity index is 668. The molecule has 1 fully saturated rings. The molecule has 0 aliphatic carbocycles. The minimum Gasteiger partial charge on any atom is -0.497 e. The van der Waals surface area contributed by atoms with Crippen LogP contribution in [-0.2, 0) is 11.3 Å². The molecule has 0 radical (unpaired) electrons.